The van der Waals surface area contributed by atoms with Crippen molar-refractivity contribution in [3.05, 3.63) is 24.5 Å². The van der Waals surface area contributed by atoms with Crippen molar-refractivity contribution < 1.29 is 14.6 Å². The van der Waals surface area contributed by atoms with E-state index in [2.05, 4.69) is 15.3 Å². The fourth-order valence-electron chi connectivity index (χ4n) is 2.40. The van der Waals surface area contributed by atoms with Crippen LogP contribution in [0.1, 0.15) is 6.42 Å². The molecule has 1 saturated heterocycles. The van der Waals surface area contributed by atoms with Crippen LogP contribution in [0.2, 0.25) is 0 Å². The lowest BCUT2D eigenvalue weighted by atomic mass is 10.2. The van der Waals surface area contributed by atoms with Gasteiger partial charge in [-0.05, 0) is 18.2 Å². The van der Waals surface area contributed by atoms with E-state index in [4.69, 9.17) is 14.6 Å². The van der Waals surface area contributed by atoms with Gasteiger partial charge in [0, 0.05) is 19.0 Å². The minimum absolute atomic E-state index is 0.0106. The van der Waals surface area contributed by atoms with E-state index in [0.29, 0.717) is 12.4 Å². The van der Waals surface area contributed by atoms with E-state index >= 15 is 0 Å². The quantitative estimate of drug-likeness (QED) is 0.857. The highest BCUT2D eigenvalue weighted by molar-refractivity contribution is 5.84. The highest BCUT2D eigenvalue weighted by Gasteiger charge is 2.25. The predicted molar refractivity (Wildman–Crippen MR) is 74.0 cm³/mol. The van der Waals surface area contributed by atoms with Gasteiger partial charge in [0.05, 0.1) is 24.6 Å². The van der Waals surface area contributed by atoms with Crippen LogP contribution in [0, 0.1) is 0 Å². The van der Waals surface area contributed by atoms with Crippen LogP contribution in [0.25, 0.3) is 10.9 Å². The third kappa shape index (κ3) is 2.52. The maximum atomic E-state index is 9.13. The number of fused-ring (bicyclic) bond motifs is 1. The van der Waals surface area contributed by atoms with Crippen LogP contribution in [0.5, 0.6) is 11.6 Å². The molecule has 1 aliphatic heterocycles. The first-order valence-electron chi connectivity index (χ1n) is 6.60. The van der Waals surface area contributed by atoms with Gasteiger partial charge in [0.2, 0.25) is 5.88 Å². The van der Waals surface area contributed by atoms with Gasteiger partial charge in [-0.1, -0.05) is 0 Å². The van der Waals surface area contributed by atoms with Gasteiger partial charge in [0.25, 0.3) is 0 Å². The Morgan fingerprint density at radius 1 is 1.40 bits per heavy atom. The molecule has 2 N–H and O–H groups in total. The minimum Gasteiger partial charge on any atom is -0.497 e. The predicted octanol–water partition coefficient (Wildman–Crippen LogP) is 0.740. The fraction of sp³-hybridized carbons (Fsp3) is 0.429. The maximum Gasteiger partial charge on any atom is 0.224 e. The molecule has 3 rings (SSSR count). The normalized spacial score (nSPS) is 22.1. The first kappa shape index (κ1) is 13.1. The molecule has 6 nitrogen and oxygen atoms in total. The molecular weight excluding hydrogens is 258 g/mol. The van der Waals surface area contributed by atoms with Crippen LogP contribution in [-0.4, -0.2) is 47.5 Å². The van der Waals surface area contributed by atoms with E-state index in [0.717, 1.165) is 23.1 Å². The van der Waals surface area contributed by atoms with E-state index in [1.54, 1.807) is 7.11 Å². The molecule has 0 aliphatic carbocycles. The van der Waals surface area contributed by atoms with E-state index in [1.165, 1.54) is 6.33 Å². The molecule has 0 radical (unpaired) electrons. The van der Waals surface area contributed by atoms with Gasteiger partial charge in [0.1, 0.15) is 18.2 Å². The molecular formula is C14H17N3O3. The van der Waals surface area contributed by atoms with Crippen LogP contribution < -0.4 is 14.8 Å². The summed E-state index contributed by atoms with van der Waals surface area (Å²) in [7, 11) is 1.62. The average Bonchev–Trinajstić information content (AvgIpc) is 2.95. The van der Waals surface area contributed by atoms with Crippen molar-refractivity contribution in [2.24, 2.45) is 0 Å². The standard InChI is InChI=1S/C14H17N3O3/c1-19-10-2-3-13-12(5-10)14(17-8-16-13)20-11-4-9(7-18)15-6-11/h2-3,5,8-9,11,15,18H,4,6-7H2,1H3/t9-,11-/m0/s1. The van der Waals surface area contributed by atoms with Gasteiger partial charge in [0.15, 0.2) is 0 Å². The van der Waals surface area contributed by atoms with Crippen molar-refractivity contribution in [3.8, 4) is 11.6 Å². The summed E-state index contributed by atoms with van der Waals surface area (Å²) in [6, 6.07) is 5.71. The van der Waals surface area contributed by atoms with Crippen LogP contribution in [0.15, 0.2) is 24.5 Å². The monoisotopic (exact) mass is 275 g/mol. The molecule has 1 aromatic carbocycles. The van der Waals surface area contributed by atoms with E-state index in [1.807, 2.05) is 18.2 Å². The Morgan fingerprint density at radius 3 is 3.05 bits per heavy atom. The molecule has 2 aromatic rings. The molecule has 1 fully saturated rings. The Kier molecular flexibility index (Phi) is 3.66. The number of aromatic nitrogens is 2. The molecule has 6 heteroatoms. The van der Waals surface area contributed by atoms with Gasteiger partial charge in [-0.3, -0.25) is 0 Å². The van der Waals surface area contributed by atoms with Gasteiger partial charge >= 0.3 is 0 Å². The molecule has 1 aliphatic rings. The number of hydrogen-bond acceptors (Lipinski definition) is 6. The van der Waals surface area contributed by atoms with Gasteiger partial charge in [-0.25, -0.2) is 9.97 Å². The second kappa shape index (κ2) is 5.60. The second-order valence-electron chi connectivity index (χ2n) is 4.83. The third-order valence-electron chi connectivity index (χ3n) is 3.49. The SMILES string of the molecule is COc1ccc2ncnc(O[C@@H]3CN[C@H](CO)C3)c2c1. The van der Waals surface area contributed by atoms with E-state index < -0.39 is 0 Å². The summed E-state index contributed by atoms with van der Waals surface area (Å²) in [5.74, 6) is 1.30. The van der Waals surface area contributed by atoms with E-state index in [9.17, 15) is 0 Å². The van der Waals surface area contributed by atoms with Gasteiger partial charge < -0.3 is 19.9 Å². The van der Waals surface area contributed by atoms with Crippen LogP contribution >= 0.6 is 0 Å². The van der Waals surface area contributed by atoms with Gasteiger partial charge in [-0.2, -0.15) is 0 Å². The number of nitrogens with one attached hydrogen (secondary N) is 1. The summed E-state index contributed by atoms with van der Waals surface area (Å²) >= 11 is 0. The first-order chi connectivity index (χ1) is 9.80. The summed E-state index contributed by atoms with van der Waals surface area (Å²) < 4.78 is 11.2. The largest absolute Gasteiger partial charge is 0.497 e. The Labute approximate surface area is 116 Å². The minimum atomic E-state index is 0.0106. The molecule has 1 aromatic heterocycles. The molecule has 0 saturated carbocycles. The number of benzene rings is 1. The molecule has 20 heavy (non-hydrogen) atoms. The van der Waals surface area contributed by atoms with Crippen molar-refractivity contribution in [3.63, 3.8) is 0 Å². The average molecular weight is 275 g/mol. The smallest absolute Gasteiger partial charge is 0.224 e. The highest BCUT2D eigenvalue weighted by Crippen LogP contribution is 2.27. The molecule has 0 spiro atoms. The van der Waals surface area contributed by atoms with Crippen LogP contribution in [0.3, 0.4) is 0 Å². The lowest BCUT2D eigenvalue weighted by molar-refractivity contribution is 0.202. The zero-order valence-electron chi connectivity index (χ0n) is 11.2. The number of aliphatic hydroxyl groups is 1. The first-order valence-corrected chi connectivity index (χ1v) is 6.60. The Balaban J connectivity index is 1.87. The topological polar surface area (TPSA) is 76.5 Å². The second-order valence-corrected chi connectivity index (χ2v) is 4.83. The number of rotatable bonds is 4. The summed E-state index contributed by atoms with van der Waals surface area (Å²) in [5, 5.41) is 13.2. The molecule has 2 atom stereocenters. The number of hydrogen-bond donors (Lipinski definition) is 2. The Hall–Kier alpha value is -1.92. The maximum absolute atomic E-state index is 9.13. The Bertz CT molecular complexity index is 605. The van der Waals surface area contributed by atoms with Crippen molar-refractivity contribution in [2.45, 2.75) is 18.6 Å². The molecule has 0 bridgehead atoms. The summed E-state index contributed by atoms with van der Waals surface area (Å²) in [6.07, 6.45) is 2.28. The summed E-state index contributed by atoms with van der Waals surface area (Å²) in [6.45, 7) is 0.832. The number of ether oxygens (including phenoxy) is 2. The third-order valence-corrected chi connectivity index (χ3v) is 3.49. The van der Waals surface area contributed by atoms with Crippen molar-refractivity contribution in [1.29, 1.82) is 0 Å². The highest BCUT2D eigenvalue weighted by atomic mass is 16.5. The summed E-state index contributed by atoms with van der Waals surface area (Å²) in [5.41, 5.74) is 0.820. The van der Waals surface area contributed by atoms with Crippen LogP contribution in [0.4, 0.5) is 0 Å². The fourth-order valence-corrected chi connectivity index (χ4v) is 2.40. The Morgan fingerprint density at radius 2 is 2.30 bits per heavy atom. The zero-order chi connectivity index (χ0) is 13.9. The van der Waals surface area contributed by atoms with Crippen molar-refractivity contribution in [1.82, 2.24) is 15.3 Å². The number of methoxy groups -OCH3 is 1. The summed E-state index contributed by atoms with van der Waals surface area (Å²) in [4.78, 5) is 8.44. The lowest BCUT2D eigenvalue weighted by Gasteiger charge is -2.13. The number of nitrogens with zero attached hydrogens (tertiary/aromatic N) is 2. The van der Waals surface area contributed by atoms with Crippen molar-refractivity contribution in [2.75, 3.05) is 20.3 Å². The molecule has 0 unspecified atom stereocenters. The van der Waals surface area contributed by atoms with Gasteiger partial charge in [-0.15, -0.1) is 0 Å². The zero-order valence-corrected chi connectivity index (χ0v) is 11.2. The lowest BCUT2D eigenvalue weighted by Crippen LogP contribution is -2.25. The number of aliphatic hydroxyl groups excluding tert-OH is 1. The van der Waals surface area contributed by atoms with Crippen LogP contribution in [-0.2, 0) is 0 Å². The molecule has 2 heterocycles. The molecule has 0 amide bonds. The molecule has 106 valence electrons. The van der Waals surface area contributed by atoms with E-state index in [-0.39, 0.29) is 18.8 Å². The van der Waals surface area contributed by atoms with Crippen molar-refractivity contribution >= 4 is 10.9 Å².